The van der Waals surface area contributed by atoms with E-state index in [9.17, 15) is 4.91 Å². The highest BCUT2D eigenvalue weighted by Gasteiger charge is 2.43. The molecule has 4 unspecified atom stereocenters. The molecule has 3 N–H and O–H groups in total. The smallest absolute Gasteiger partial charge is 0.218 e. The van der Waals surface area contributed by atoms with E-state index in [0.717, 1.165) is 0 Å². The van der Waals surface area contributed by atoms with Gasteiger partial charge in [0.1, 0.15) is 18.3 Å². The summed E-state index contributed by atoms with van der Waals surface area (Å²) in [5.41, 5.74) is 0. The molecule has 0 amide bonds. The number of hydrogen-bond donors (Lipinski definition) is 3. The molecule has 1 saturated heterocycles. The second kappa shape index (κ2) is 3.22. The van der Waals surface area contributed by atoms with Crippen molar-refractivity contribution in [1.82, 2.24) is 0 Å². The quantitative estimate of drug-likeness (QED) is 0.417. The third-order valence-electron chi connectivity index (χ3n) is 1.62. The van der Waals surface area contributed by atoms with E-state index >= 15 is 0 Å². The number of rotatable bonds is 2. The molecular formula is C5H9NO5. The van der Waals surface area contributed by atoms with Crippen LogP contribution in [0.25, 0.3) is 0 Å². The summed E-state index contributed by atoms with van der Waals surface area (Å²) in [7, 11) is 0. The molecule has 0 aromatic heterocycles. The summed E-state index contributed by atoms with van der Waals surface area (Å²) in [4.78, 5) is 9.90. The molecule has 6 heteroatoms. The summed E-state index contributed by atoms with van der Waals surface area (Å²) < 4.78 is 4.66. The Labute approximate surface area is 62.4 Å². The number of ether oxygens (including phenoxy) is 1. The van der Waals surface area contributed by atoms with E-state index in [1.54, 1.807) is 0 Å². The van der Waals surface area contributed by atoms with E-state index in [-0.39, 0.29) is 0 Å². The van der Waals surface area contributed by atoms with Crippen LogP contribution in [0, 0.1) is 4.91 Å². The second-order valence-corrected chi connectivity index (χ2v) is 2.33. The fourth-order valence-electron chi connectivity index (χ4n) is 0.967. The Balaban J connectivity index is 2.60. The summed E-state index contributed by atoms with van der Waals surface area (Å²) >= 11 is 0. The number of nitrogens with zero attached hydrogens (tertiary/aromatic N) is 1. The van der Waals surface area contributed by atoms with Crippen LogP contribution in [0.15, 0.2) is 5.18 Å². The van der Waals surface area contributed by atoms with Crippen molar-refractivity contribution in [3.63, 3.8) is 0 Å². The first-order valence-electron chi connectivity index (χ1n) is 3.15. The molecule has 0 spiro atoms. The van der Waals surface area contributed by atoms with E-state index in [4.69, 9.17) is 15.3 Å². The highest BCUT2D eigenvalue weighted by Crippen LogP contribution is 2.21. The largest absolute Gasteiger partial charge is 0.394 e. The van der Waals surface area contributed by atoms with Gasteiger partial charge in [-0.1, -0.05) is 0 Å². The normalized spacial score (nSPS) is 44.3. The van der Waals surface area contributed by atoms with Crippen molar-refractivity contribution in [3.05, 3.63) is 4.91 Å². The molecule has 0 bridgehead atoms. The highest BCUT2D eigenvalue weighted by molar-refractivity contribution is 4.88. The van der Waals surface area contributed by atoms with E-state index in [1.165, 1.54) is 0 Å². The van der Waals surface area contributed by atoms with Crippen LogP contribution < -0.4 is 0 Å². The predicted molar refractivity (Wildman–Crippen MR) is 33.6 cm³/mol. The van der Waals surface area contributed by atoms with Gasteiger partial charge in [-0.25, -0.2) is 0 Å². The molecule has 0 radical (unpaired) electrons. The topological polar surface area (TPSA) is 99.4 Å². The highest BCUT2D eigenvalue weighted by atomic mass is 16.6. The lowest BCUT2D eigenvalue weighted by molar-refractivity contribution is -0.0197. The van der Waals surface area contributed by atoms with Gasteiger partial charge in [0.15, 0.2) is 0 Å². The van der Waals surface area contributed by atoms with Crippen LogP contribution in [0.1, 0.15) is 0 Å². The fourth-order valence-corrected chi connectivity index (χ4v) is 0.967. The first-order valence-corrected chi connectivity index (χ1v) is 3.15. The molecule has 1 heterocycles. The van der Waals surface area contributed by atoms with Gasteiger partial charge in [0.25, 0.3) is 0 Å². The summed E-state index contributed by atoms with van der Waals surface area (Å²) in [5, 5.41) is 29.0. The Morgan fingerprint density at radius 2 is 2.00 bits per heavy atom. The molecule has 0 aromatic carbocycles. The summed E-state index contributed by atoms with van der Waals surface area (Å²) in [5.74, 6) is 0. The Hall–Kier alpha value is -0.560. The van der Waals surface area contributed by atoms with Crippen molar-refractivity contribution in [1.29, 1.82) is 0 Å². The van der Waals surface area contributed by atoms with Crippen LogP contribution in [0.5, 0.6) is 0 Å². The molecule has 1 rings (SSSR count). The maximum Gasteiger partial charge on any atom is 0.218 e. The van der Waals surface area contributed by atoms with E-state index in [2.05, 4.69) is 9.91 Å². The molecule has 4 atom stereocenters. The van der Waals surface area contributed by atoms with E-state index in [0.29, 0.717) is 0 Å². The molecule has 64 valence electrons. The molecule has 1 aliphatic rings. The molecule has 1 fully saturated rings. The van der Waals surface area contributed by atoms with Crippen LogP contribution in [-0.4, -0.2) is 46.5 Å². The van der Waals surface area contributed by atoms with Crippen LogP contribution in [0.4, 0.5) is 0 Å². The summed E-state index contributed by atoms with van der Waals surface area (Å²) in [6, 6.07) is 0. The zero-order valence-corrected chi connectivity index (χ0v) is 5.62. The third-order valence-corrected chi connectivity index (χ3v) is 1.62. The van der Waals surface area contributed by atoms with Crippen LogP contribution in [0.2, 0.25) is 0 Å². The van der Waals surface area contributed by atoms with Crippen LogP contribution >= 0.6 is 0 Å². The average molecular weight is 163 g/mol. The number of nitroso groups, excluding NO2 is 1. The van der Waals surface area contributed by atoms with Crippen molar-refractivity contribution < 1.29 is 20.1 Å². The zero-order valence-electron chi connectivity index (χ0n) is 5.62. The molecule has 11 heavy (non-hydrogen) atoms. The lowest BCUT2D eigenvalue weighted by atomic mass is 10.1. The van der Waals surface area contributed by atoms with Gasteiger partial charge in [-0.2, -0.15) is 0 Å². The van der Waals surface area contributed by atoms with Crippen LogP contribution in [-0.2, 0) is 4.74 Å². The summed E-state index contributed by atoms with van der Waals surface area (Å²) in [6.07, 6.45) is -4.73. The minimum atomic E-state index is -1.33. The number of aliphatic hydroxyl groups is 3. The average Bonchev–Trinajstić information content (AvgIpc) is 2.30. The fraction of sp³-hybridized carbons (Fsp3) is 1.00. The molecule has 0 aliphatic carbocycles. The van der Waals surface area contributed by atoms with Gasteiger partial charge < -0.3 is 20.1 Å². The maximum absolute atomic E-state index is 9.90. The zero-order chi connectivity index (χ0) is 8.43. The third kappa shape index (κ3) is 1.38. The van der Waals surface area contributed by atoms with Gasteiger partial charge in [0.2, 0.25) is 6.23 Å². The predicted octanol–water partition coefficient (Wildman–Crippen LogP) is -1.81. The minimum absolute atomic E-state index is 0.440. The molecule has 0 aromatic rings. The van der Waals surface area contributed by atoms with Gasteiger partial charge in [-0.05, 0) is 5.18 Å². The summed E-state index contributed by atoms with van der Waals surface area (Å²) in [6.45, 7) is -0.440. The minimum Gasteiger partial charge on any atom is -0.394 e. The Morgan fingerprint density at radius 1 is 1.36 bits per heavy atom. The molecule has 6 nitrogen and oxygen atoms in total. The Bertz CT molecular complexity index is 152. The second-order valence-electron chi connectivity index (χ2n) is 2.33. The Morgan fingerprint density at radius 3 is 2.27 bits per heavy atom. The van der Waals surface area contributed by atoms with Crippen molar-refractivity contribution in [2.24, 2.45) is 5.18 Å². The van der Waals surface area contributed by atoms with E-state index in [1.807, 2.05) is 0 Å². The van der Waals surface area contributed by atoms with Gasteiger partial charge in [0, 0.05) is 0 Å². The van der Waals surface area contributed by atoms with Crippen molar-refractivity contribution in [2.75, 3.05) is 6.61 Å². The number of aliphatic hydroxyl groups excluding tert-OH is 3. The monoisotopic (exact) mass is 163 g/mol. The van der Waals surface area contributed by atoms with Gasteiger partial charge in [0.05, 0.1) is 6.61 Å². The van der Waals surface area contributed by atoms with Crippen molar-refractivity contribution in [3.8, 4) is 0 Å². The SMILES string of the molecule is O=NC1OC(CO)C(O)C1O. The first kappa shape index (κ1) is 8.54. The van der Waals surface area contributed by atoms with Crippen molar-refractivity contribution >= 4 is 0 Å². The first-order chi connectivity index (χ1) is 5.20. The van der Waals surface area contributed by atoms with Crippen LogP contribution in [0.3, 0.4) is 0 Å². The van der Waals surface area contributed by atoms with Gasteiger partial charge in [-0.15, -0.1) is 4.91 Å². The lowest BCUT2D eigenvalue weighted by Gasteiger charge is -2.09. The van der Waals surface area contributed by atoms with Gasteiger partial charge >= 0.3 is 0 Å². The number of hydrogen-bond acceptors (Lipinski definition) is 6. The lowest BCUT2D eigenvalue weighted by Crippen LogP contribution is -2.33. The Kier molecular flexibility index (Phi) is 2.50. The molecule has 0 saturated carbocycles. The van der Waals surface area contributed by atoms with E-state index < -0.39 is 31.1 Å². The standard InChI is InChI=1S/C5H9NO5/c7-1-2-3(8)4(9)5(6-10)11-2/h2-5,7-9H,1H2. The van der Waals surface area contributed by atoms with Gasteiger partial charge in [-0.3, -0.25) is 0 Å². The van der Waals surface area contributed by atoms with Crippen molar-refractivity contribution in [2.45, 2.75) is 24.5 Å². The molecular weight excluding hydrogens is 154 g/mol. The molecule has 1 aliphatic heterocycles. The maximum atomic E-state index is 9.90.